The van der Waals surface area contributed by atoms with Crippen LogP contribution in [0, 0.1) is 32.6 Å². The van der Waals surface area contributed by atoms with Gasteiger partial charge >= 0.3 is 0 Å². The average molecular weight is 357 g/mol. The molecule has 2 heterocycles. The normalized spacial score (nSPS) is 18.4. The molecule has 0 fully saturated rings. The van der Waals surface area contributed by atoms with Crippen molar-refractivity contribution in [2.24, 2.45) is 0 Å². The molecule has 0 amide bonds. The molecule has 1 atom stereocenters. The summed E-state index contributed by atoms with van der Waals surface area (Å²) in [5.41, 5.74) is 5.19. The van der Waals surface area contributed by atoms with Crippen molar-refractivity contribution in [1.82, 2.24) is 4.98 Å². The van der Waals surface area contributed by atoms with Gasteiger partial charge in [0.1, 0.15) is 11.5 Å². The summed E-state index contributed by atoms with van der Waals surface area (Å²) in [6.45, 7) is 7.92. The van der Waals surface area contributed by atoms with Gasteiger partial charge in [0.15, 0.2) is 5.60 Å². The van der Waals surface area contributed by atoms with Crippen molar-refractivity contribution in [3.63, 3.8) is 0 Å². The van der Waals surface area contributed by atoms with Gasteiger partial charge in [0.25, 0.3) is 0 Å². The summed E-state index contributed by atoms with van der Waals surface area (Å²) in [7, 11) is 0. The molecule has 1 unspecified atom stereocenters. The zero-order valence-corrected chi connectivity index (χ0v) is 16.2. The summed E-state index contributed by atoms with van der Waals surface area (Å²) in [5, 5.41) is 11.4. The van der Waals surface area contributed by atoms with Gasteiger partial charge in [-0.25, -0.2) is 0 Å². The average Bonchev–Trinajstić information content (AvgIpc) is 2.69. The molecule has 0 spiro atoms. The van der Waals surface area contributed by atoms with Crippen LogP contribution in [0.2, 0.25) is 0 Å². The molecule has 4 rings (SSSR count). The summed E-state index contributed by atoms with van der Waals surface area (Å²) in [4.78, 5) is 4.48. The zero-order chi connectivity index (χ0) is 19.2. The van der Waals surface area contributed by atoms with Crippen LogP contribution < -0.4 is 4.74 Å². The second-order valence-corrected chi connectivity index (χ2v) is 7.53. The molecular weight excluding hydrogens is 334 g/mol. The van der Waals surface area contributed by atoms with Crippen molar-refractivity contribution >= 4 is 10.9 Å². The highest BCUT2D eigenvalue weighted by molar-refractivity contribution is 5.79. The molecule has 2 aromatic carbocycles. The fourth-order valence-corrected chi connectivity index (χ4v) is 3.68. The van der Waals surface area contributed by atoms with E-state index >= 15 is 0 Å². The summed E-state index contributed by atoms with van der Waals surface area (Å²) < 4.78 is 6.37. The lowest BCUT2D eigenvalue weighted by molar-refractivity contribution is 0.122. The van der Waals surface area contributed by atoms with Crippen molar-refractivity contribution in [1.29, 1.82) is 0 Å². The van der Waals surface area contributed by atoms with Crippen LogP contribution in [0.4, 0.5) is 0 Å². The number of phenols is 1. The Balaban J connectivity index is 1.69. The highest BCUT2D eigenvalue weighted by atomic mass is 16.5. The van der Waals surface area contributed by atoms with E-state index in [9.17, 15) is 5.11 Å². The Morgan fingerprint density at radius 2 is 1.89 bits per heavy atom. The second kappa shape index (κ2) is 6.32. The molecule has 0 saturated carbocycles. The van der Waals surface area contributed by atoms with Crippen molar-refractivity contribution in [2.75, 3.05) is 0 Å². The third-order valence-corrected chi connectivity index (χ3v) is 5.58. The summed E-state index contributed by atoms with van der Waals surface area (Å²) in [6, 6.07) is 10.1. The number of rotatable bonds is 0. The highest BCUT2D eigenvalue weighted by Gasteiger charge is 2.33. The molecule has 1 aromatic heterocycles. The topological polar surface area (TPSA) is 42.4 Å². The fraction of sp³-hybridized carbons (Fsp3) is 0.292. The minimum atomic E-state index is -0.556. The third kappa shape index (κ3) is 3.02. The molecule has 3 heteroatoms. The molecule has 0 saturated heterocycles. The first kappa shape index (κ1) is 17.4. The number of para-hydroxylation sites is 1. The van der Waals surface area contributed by atoms with E-state index in [0.717, 1.165) is 57.3 Å². The van der Waals surface area contributed by atoms with Gasteiger partial charge in [-0.05, 0) is 62.9 Å². The maximum atomic E-state index is 10.3. The van der Waals surface area contributed by atoms with E-state index in [4.69, 9.17) is 4.74 Å². The Labute approximate surface area is 160 Å². The van der Waals surface area contributed by atoms with Gasteiger partial charge in [-0.3, -0.25) is 4.98 Å². The number of ether oxygens (including phenoxy) is 1. The number of phenolic OH excluding ortho intramolecular Hbond substituents is 1. The van der Waals surface area contributed by atoms with Gasteiger partial charge in [0, 0.05) is 29.1 Å². The van der Waals surface area contributed by atoms with Crippen LogP contribution in [0.1, 0.15) is 41.2 Å². The molecule has 1 aliphatic rings. The predicted molar refractivity (Wildman–Crippen MR) is 108 cm³/mol. The Morgan fingerprint density at radius 1 is 1.11 bits per heavy atom. The van der Waals surface area contributed by atoms with Crippen molar-refractivity contribution in [3.05, 3.63) is 64.3 Å². The van der Waals surface area contributed by atoms with E-state index in [-0.39, 0.29) is 0 Å². The summed E-state index contributed by atoms with van der Waals surface area (Å²) in [6.07, 6.45) is 3.45. The second-order valence-electron chi connectivity index (χ2n) is 7.53. The molecule has 0 aliphatic carbocycles. The molecule has 0 radical (unpaired) electrons. The minimum absolute atomic E-state index is 0.381. The maximum absolute atomic E-state index is 10.3. The Hall–Kier alpha value is -2.99. The monoisotopic (exact) mass is 357 g/mol. The number of nitrogens with zero attached hydrogens (tertiary/aromatic N) is 1. The van der Waals surface area contributed by atoms with E-state index in [2.05, 4.69) is 22.9 Å². The van der Waals surface area contributed by atoms with Crippen molar-refractivity contribution < 1.29 is 9.84 Å². The van der Waals surface area contributed by atoms with Crippen LogP contribution in [-0.2, 0) is 6.42 Å². The first-order chi connectivity index (χ1) is 12.9. The smallest absolute Gasteiger partial charge is 0.167 e. The van der Waals surface area contributed by atoms with Crippen LogP contribution in [0.5, 0.6) is 11.5 Å². The summed E-state index contributed by atoms with van der Waals surface area (Å²) >= 11 is 0. The van der Waals surface area contributed by atoms with Crippen LogP contribution >= 0.6 is 0 Å². The van der Waals surface area contributed by atoms with E-state index in [1.807, 2.05) is 58.2 Å². The quantitative estimate of drug-likeness (QED) is 0.576. The number of hydrogen-bond donors (Lipinski definition) is 1. The van der Waals surface area contributed by atoms with E-state index in [1.165, 1.54) is 0 Å². The van der Waals surface area contributed by atoms with Crippen molar-refractivity contribution in [3.8, 4) is 23.3 Å². The van der Waals surface area contributed by atoms with E-state index < -0.39 is 5.60 Å². The molecule has 0 bridgehead atoms. The van der Waals surface area contributed by atoms with Crippen LogP contribution in [0.3, 0.4) is 0 Å². The summed E-state index contributed by atoms with van der Waals surface area (Å²) in [5.74, 6) is 7.84. The fourth-order valence-electron chi connectivity index (χ4n) is 3.68. The number of fused-ring (bicyclic) bond motifs is 2. The number of hydrogen-bond acceptors (Lipinski definition) is 3. The molecule has 136 valence electrons. The number of aromatic nitrogens is 1. The van der Waals surface area contributed by atoms with Gasteiger partial charge in [0.05, 0.1) is 5.52 Å². The molecule has 3 nitrogen and oxygen atoms in total. The standard InChI is InChI=1S/C24H23NO2/c1-15-16(2)23-20(17(3)22(15)26)10-12-24(4,27-23)11-9-18-13-19-7-5-6-8-21(19)25-14-18/h5-8,13-14,26H,10,12H2,1-4H3. The van der Waals surface area contributed by atoms with Gasteiger partial charge in [-0.2, -0.15) is 0 Å². The lowest BCUT2D eigenvalue weighted by atomic mass is 9.87. The van der Waals surface area contributed by atoms with Crippen LogP contribution in [0.25, 0.3) is 10.9 Å². The molecule has 3 aromatic rings. The Bertz CT molecular complexity index is 1120. The van der Waals surface area contributed by atoms with E-state index in [1.54, 1.807) is 0 Å². The van der Waals surface area contributed by atoms with Crippen LogP contribution in [0.15, 0.2) is 36.5 Å². The van der Waals surface area contributed by atoms with Crippen LogP contribution in [-0.4, -0.2) is 15.7 Å². The zero-order valence-electron chi connectivity index (χ0n) is 16.2. The number of pyridine rings is 1. The van der Waals surface area contributed by atoms with Crippen molar-refractivity contribution in [2.45, 2.75) is 46.1 Å². The molecule has 27 heavy (non-hydrogen) atoms. The molecule has 1 N–H and O–H groups in total. The first-order valence-corrected chi connectivity index (χ1v) is 9.26. The number of aromatic hydroxyl groups is 1. The third-order valence-electron chi connectivity index (χ3n) is 5.58. The van der Waals surface area contributed by atoms with Gasteiger partial charge in [0.2, 0.25) is 0 Å². The minimum Gasteiger partial charge on any atom is -0.507 e. The van der Waals surface area contributed by atoms with Gasteiger partial charge in [-0.1, -0.05) is 30.0 Å². The SMILES string of the molecule is Cc1c(C)c2c(c(C)c1O)CCC(C)(C#Cc1cnc3ccccc3c1)O2. The lowest BCUT2D eigenvalue weighted by Crippen LogP contribution is -2.35. The first-order valence-electron chi connectivity index (χ1n) is 9.26. The van der Waals surface area contributed by atoms with E-state index in [0.29, 0.717) is 5.75 Å². The maximum Gasteiger partial charge on any atom is 0.167 e. The Kier molecular flexibility index (Phi) is 4.08. The molecule has 1 aliphatic heterocycles. The lowest BCUT2D eigenvalue weighted by Gasteiger charge is -2.34. The Morgan fingerprint density at radius 3 is 2.70 bits per heavy atom. The predicted octanol–water partition coefficient (Wildman–Crippen LogP) is 5.00. The van der Waals surface area contributed by atoms with Gasteiger partial charge in [-0.15, -0.1) is 0 Å². The van der Waals surface area contributed by atoms with Gasteiger partial charge < -0.3 is 9.84 Å². The largest absolute Gasteiger partial charge is 0.507 e. The molecular formula is C24H23NO2. The number of benzene rings is 2. The highest BCUT2D eigenvalue weighted by Crippen LogP contribution is 2.43.